The second kappa shape index (κ2) is 8.10. The highest BCUT2D eigenvalue weighted by Gasteiger charge is 2.37. The van der Waals surface area contributed by atoms with Crippen LogP contribution in [0.4, 0.5) is 10.5 Å². The lowest BCUT2D eigenvalue weighted by Gasteiger charge is -2.26. The van der Waals surface area contributed by atoms with Gasteiger partial charge in [-0.15, -0.1) is 0 Å². The molecule has 0 bridgehead atoms. The molecule has 1 aromatic carbocycles. The molecule has 0 saturated carbocycles. The maximum atomic E-state index is 12.9. The molecule has 2 heterocycles. The molecule has 28 heavy (non-hydrogen) atoms. The molecule has 0 spiro atoms. The molecule has 1 N–H and O–H groups in total. The minimum atomic E-state index is -0.839. The number of benzene rings is 1. The van der Waals surface area contributed by atoms with Gasteiger partial charge < -0.3 is 9.47 Å². The van der Waals surface area contributed by atoms with Crippen LogP contribution in [0.3, 0.4) is 0 Å². The number of anilines is 1. The Labute approximate surface area is 165 Å². The maximum absolute atomic E-state index is 12.9. The Bertz CT molecular complexity index is 975. The molecule has 0 atom stereocenters. The maximum Gasteiger partial charge on any atom is 0.335 e. The average Bonchev–Trinajstić information content (AvgIpc) is 2.68. The van der Waals surface area contributed by atoms with Gasteiger partial charge in [0.25, 0.3) is 11.8 Å². The van der Waals surface area contributed by atoms with Crippen molar-refractivity contribution < 1.29 is 23.9 Å². The highest BCUT2D eigenvalue weighted by atomic mass is 35.5. The van der Waals surface area contributed by atoms with E-state index in [0.717, 1.165) is 4.90 Å². The summed E-state index contributed by atoms with van der Waals surface area (Å²) in [5.41, 5.74) is 0.408. The monoisotopic (exact) mass is 401 g/mol. The minimum Gasteiger partial charge on any atom is -0.493 e. The van der Waals surface area contributed by atoms with Gasteiger partial charge >= 0.3 is 6.03 Å². The Morgan fingerprint density at radius 2 is 1.89 bits per heavy atom. The van der Waals surface area contributed by atoms with Gasteiger partial charge in [0.2, 0.25) is 0 Å². The fourth-order valence-electron chi connectivity index (χ4n) is 2.63. The molecule has 1 aromatic heterocycles. The summed E-state index contributed by atoms with van der Waals surface area (Å²) >= 11 is 6.27. The predicted octanol–water partition coefficient (Wildman–Crippen LogP) is 2.81. The molecule has 3 rings (SSSR count). The van der Waals surface area contributed by atoms with Gasteiger partial charge in [-0.2, -0.15) is 0 Å². The first-order valence-electron chi connectivity index (χ1n) is 8.28. The van der Waals surface area contributed by atoms with Gasteiger partial charge in [0.1, 0.15) is 5.57 Å². The number of nitrogens with one attached hydrogen (secondary N) is 1. The first kappa shape index (κ1) is 19.4. The van der Waals surface area contributed by atoms with Crippen LogP contribution in [0.1, 0.15) is 12.5 Å². The van der Waals surface area contributed by atoms with E-state index in [2.05, 4.69) is 10.3 Å². The third-order valence-electron chi connectivity index (χ3n) is 3.91. The standard InChI is InChI=1S/C19H16ClN3O5/c1-3-28-16-9-11(14(20)10-15(16)27-2)8-13-17(24)22-19(26)23(18(13)25)12-4-6-21-7-5-12/h4-10H,3H2,1-2H3,(H,22,24,26)/b13-8+. The van der Waals surface area contributed by atoms with Gasteiger partial charge in [-0.05, 0) is 36.8 Å². The Balaban J connectivity index is 2.05. The number of imide groups is 2. The van der Waals surface area contributed by atoms with Crippen molar-refractivity contribution in [2.24, 2.45) is 0 Å². The number of carbonyl (C=O) groups excluding carboxylic acids is 3. The lowest BCUT2D eigenvalue weighted by Crippen LogP contribution is -2.54. The summed E-state index contributed by atoms with van der Waals surface area (Å²) in [6, 6.07) is 5.22. The van der Waals surface area contributed by atoms with Crippen LogP contribution < -0.4 is 19.7 Å². The van der Waals surface area contributed by atoms with Crippen molar-refractivity contribution >= 4 is 41.2 Å². The third kappa shape index (κ3) is 3.67. The molecule has 1 saturated heterocycles. The second-order valence-corrected chi connectivity index (χ2v) is 6.03. The van der Waals surface area contributed by atoms with Crippen molar-refractivity contribution in [3.8, 4) is 11.5 Å². The fourth-order valence-corrected chi connectivity index (χ4v) is 2.84. The van der Waals surface area contributed by atoms with E-state index >= 15 is 0 Å². The number of rotatable bonds is 5. The van der Waals surface area contributed by atoms with Crippen molar-refractivity contribution in [1.82, 2.24) is 10.3 Å². The smallest absolute Gasteiger partial charge is 0.335 e. The van der Waals surface area contributed by atoms with Crippen LogP contribution in [0.15, 0.2) is 42.2 Å². The molecular formula is C19H16ClN3O5. The van der Waals surface area contributed by atoms with Crippen LogP contribution in [0, 0.1) is 0 Å². The number of methoxy groups -OCH3 is 1. The van der Waals surface area contributed by atoms with Crippen molar-refractivity contribution in [1.29, 1.82) is 0 Å². The number of hydrogen-bond acceptors (Lipinski definition) is 6. The van der Waals surface area contributed by atoms with Crippen LogP contribution in [-0.2, 0) is 9.59 Å². The Hall–Kier alpha value is -3.39. The first-order valence-corrected chi connectivity index (χ1v) is 8.65. The van der Waals surface area contributed by atoms with Crippen molar-refractivity contribution in [2.75, 3.05) is 18.6 Å². The van der Waals surface area contributed by atoms with Crippen LogP contribution in [-0.4, -0.2) is 36.5 Å². The fraction of sp³-hybridized carbons (Fsp3) is 0.158. The molecular weight excluding hydrogens is 386 g/mol. The molecule has 4 amide bonds. The largest absolute Gasteiger partial charge is 0.493 e. The number of nitrogens with zero attached hydrogens (tertiary/aromatic N) is 2. The van der Waals surface area contributed by atoms with Gasteiger partial charge in [-0.3, -0.25) is 19.9 Å². The third-order valence-corrected chi connectivity index (χ3v) is 4.23. The molecule has 144 valence electrons. The highest BCUT2D eigenvalue weighted by Crippen LogP contribution is 2.35. The second-order valence-electron chi connectivity index (χ2n) is 5.62. The number of aromatic nitrogens is 1. The molecule has 0 unspecified atom stereocenters. The zero-order valence-electron chi connectivity index (χ0n) is 15.1. The van der Waals surface area contributed by atoms with Crippen LogP contribution in [0.5, 0.6) is 11.5 Å². The number of amides is 4. The SMILES string of the molecule is CCOc1cc(/C=C2\C(=O)NC(=O)N(c3ccncc3)C2=O)c(Cl)cc1OC. The average molecular weight is 402 g/mol. The molecule has 0 radical (unpaired) electrons. The zero-order chi connectivity index (χ0) is 20.3. The van der Waals surface area contributed by atoms with Gasteiger partial charge in [0.05, 0.1) is 24.4 Å². The van der Waals surface area contributed by atoms with E-state index in [4.69, 9.17) is 21.1 Å². The molecule has 1 aliphatic heterocycles. The van der Waals surface area contributed by atoms with E-state index in [-0.39, 0.29) is 16.3 Å². The van der Waals surface area contributed by atoms with Crippen LogP contribution >= 0.6 is 11.6 Å². The Morgan fingerprint density at radius 1 is 1.18 bits per heavy atom. The summed E-state index contributed by atoms with van der Waals surface area (Å²) in [5.74, 6) is -0.760. The van der Waals surface area contributed by atoms with Gasteiger partial charge in [-0.1, -0.05) is 11.6 Å². The lowest BCUT2D eigenvalue weighted by atomic mass is 10.1. The summed E-state index contributed by atoms with van der Waals surface area (Å²) < 4.78 is 10.7. The molecule has 9 heteroatoms. The van der Waals surface area contributed by atoms with E-state index in [9.17, 15) is 14.4 Å². The number of hydrogen-bond donors (Lipinski definition) is 1. The number of pyridine rings is 1. The molecule has 8 nitrogen and oxygen atoms in total. The van der Waals surface area contributed by atoms with E-state index in [0.29, 0.717) is 23.7 Å². The van der Waals surface area contributed by atoms with Crippen LogP contribution in [0.2, 0.25) is 5.02 Å². The summed E-state index contributed by atoms with van der Waals surface area (Å²) in [5, 5.41) is 2.40. The van der Waals surface area contributed by atoms with E-state index in [1.807, 2.05) is 6.92 Å². The number of urea groups is 1. The number of carbonyl (C=O) groups is 3. The quantitative estimate of drug-likeness (QED) is 0.611. The van der Waals surface area contributed by atoms with E-state index in [1.165, 1.54) is 43.8 Å². The van der Waals surface area contributed by atoms with Crippen LogP contribution in [0.25, 0.3) is 6.08 Å². The highest BCUT2D eigenvalue weighted by molar-refractivity contribution is 6.40. The van der Waals surface area contributed by atoms with Gasteiger partial charge in [0, 0.05) is 18.5 Å². The number of barbiturate groups is 1. The summed E-state index contributed by atoms with van der Waals surface area (Å²) in [7, 11) is 1.47. The zero-order valence-corrected chi connectivity index (χ0v) is 15.8. The van der Waals surface area contributed by atoms with E-state index < -0.39 is 17.8 Å². The molecule has 1 fully saturated rings. The topological polar surface area (TPSA) is 97.8 Å². The normalized spacial score (nSPS) is 15.6. The Morgan fingerprint density at radius 3 is 2.54 bits per heavy atom. The molecule has 2 aromatic rings. The van der Waals surface area contributed by atoms with Crippen molar-refractivity contribution in [3.63, 3.8) is 0 Å². The minimum absolute atomic E-state index is 0.245. The predicted molar refractivity (Wildman–Crippen MR) is 102 cm³/mol. The summed E-state index contributed by atoms with van der Waals surface area (Å²) in [6.07, 6.45) is 4.18. The Kier molecular flexibility index (Phi) is 5.60. The number of ether oxygens (including phenoxy) is 2. The summed E-state index contributed by atoms with van der Waals surface area (Å²) in [6.45, 7) is 2.19. The lowest BCUT2D eigenvalue weighted by molar-refractivity contribution is -0.122. The van der Waals surface area contributed by atoms with E-state index in [1.54, 1.807) is 6.07 Å². The van der Waals surface area contributed by atoms with Crippen molar-refractivity contribution in [2.45, 2.75) is 6.92 Å². The van der Waals surface area contributed by atoms with Gasteiger partial charge in [-0.25, -0.2) is 9.69 Å². The summed E-state index contributed by atoms with van der Waals surface area (Å²) in [4.78, 5) is 42.0. The van der Waals surface area contributed by atoms with Gasteiger partial charge in [0.15, 0.2) is 11.5 Å². The number of halogens is 1. The first-order chi connectivity index (χ1) is 13.5. The molecule has 0 aliphatic carbocycles. The van der Waals surface area contributed by atoms with Crippen molar-refractivity contribution in [3.05, 3.63) is 52.8 Å². The molecule has 1 aliphatic rings.